The predicted molar refractivity (Wildman–Crippen MR) is 126 cm³/mol. The number of hydrogen-bond donors (Lipinski definition) is 1. The molecule has 2 N–H and O–H groups in total. The van der Waals surface area contributed by atoms with Crippen molar-refractivity contribution in [1.29, 1.82) is 0 Å². The lowest BCUT2D eigenvalue weighted by molar-refractivity contribution is 0.304. The molecular weight excluding hydrogens is 436 g/mol. The third-order valence-electron chi connectivity index (χ3n) is 6.63. The second-order valence-corrected chi connectivity index (χ2v) is 9.09. The van der Waals surface area contributed by atoms with Crippen LogP contribution in [0.25, 0.3) is 0 Å². The average molecular weight is 463 g/mol. The molecule has 3 atom stereocenters. The van der Waals surface area contributed by atoms with Crippen LogP contribution in [0.15, 0.2) is 71.6 Å². The second kappa shape index (κ2) is 9.85. The highest BCUT2D eigenvalue weighted by Crippen LogP contribution is 2.45. The van der Waals surface area contributed by atoms with Gasteiger partial charge in [-0.05, 0) is 64.7 Å². The molecule has 0 aliphatic heterocycles. The van der Waals surface area contributed by atoms with Crippen LogP contribution in [0.3, 0.4) is 0 Å². The number of nitrogens with two attached hydrogens (primary N) is 1. The zero-order valence-electron chi connectivity index (χ0n) is 18.3. The molecule has 4 aromatic rings. The van der Waals surface area contributed by atoms with Crippen LogP contribution in [-0.2, 0) is 0 Å². The lowest BCUT2D eigenvalue weighted by atomic mass is 9.77. The first kappa shape index (κ1) is 21.8. The average Bonchev–Trinajstić information content (AvgIpc) is 3.56. The summed E-state index contributed by atoms with van der Waals surface area (Å²) >= 11 is 6.23. The standard InChI is InChI=1S/C25H27ClN6O/c26-19-12-10-17(11-13-19)22(25-29-30-31-32(25)20-7-2-1-3-8-20)23(21-9-5-15-33-21)24(27)18-6-4-14-28-16-18/h4-6,9-16,20,22-24H,1-3,7-8,27H2. The molecule has 3 aromatic heterocycles. The highest BCUT2D eigenvalue weighted by atomic mass is 35.5. The van der Waals surface area contributed by atoms with Crippen LogP contribution < -0.4 is 5.73 Å². The topological polar surface area (TPSA) is 95.7 Å². The Bertz CT molecular complexity index is 1140. The van der Waals surface area contributed by atoms with Crippen molar-refractivity contribution in [1.82, 2.24) is 25.2 Å². The fraction of sp³-hybridized carbons (Fsp3) is 0.360. The number of hydrogen-bond acceptors (Lipinski definition) is 6. The Morgan fingerprint density at radius 1 is 1.00 bits per heavy atom. The molecule has 0 amide bonds. The largest absolute Gasteiger partial charge is 0.469 e. The van der Waals surface area contributed by atoms with Crippen molar-refractivity contribution in [3.05, 3.63) is 94.9 Å². The molecule has 7 nitrogen and oxygen atoms in total. The van der Waals surface area contributed by atoms with E-state index in [-0.39, 0.29) is 23.9 Å². The summed E-state index contributed by atoms with van der Waals surface area (Å²) in [7, 11) is 0. The first-order valence-corrected chi connectivity index (χ1v) is 11.8. The van der Waals surface area contributed by atoms with Gasteiger partial charge in [0.25, 0.3) is 0 Å². The summed E-state index contributed by atoms with van der Waals surface area (Å²) in [5.41, 5.74) is 8.89. The first-order chi connectivity index (χ1) is 16.2. The molecule has 0 bridgehead atoms. The molecule has 5 rings (SSSR count). The van der Waals surface area contributed by atoms with Gasteiger partial charge in [0, 0.05) is 23.5 Å². The van der Waals surface area contributed by atoms with Crippen LogP contribution in [0, 0.1) is 0 Å². The number of halogens is 1. The number of nitrogens with zero attached hydrogens (tertiary/aromatic N) is 5. The van der Waals surface area contributed by atoms with E-state index in [9.17, 15) is 0 Å². The number of rotatable bonds is 7. The summed E-state index contributed by atoms with van der Waals surface area (Å²) in [6.07, 6.45) is 11.0. The van der Waals surface area contributed by atoms with E-state index in [0.717, 1.165) is 35.6 Å². The number of pyridine rings is 1. The molecule has 1 fully saturated rings. The van der Waals surface area contributed by atoms with Gasteiger partial charge in [-0.25, -0.2) is 4.68 Å². The Hall–Kier alpha value is -3.03. The van der Waals surface area contributed by atoms with Crippen molar-refractivity contribution in [3.8, 4) is 0 Å². The van der Waals surface area contributed by atoms with Crippen LogP contribution in [0.5, 0.6) is 0 Å². The van der Waals surface area contributed by atoms with E-state index in [1.54, 1.807) is 12.5 Å². The lowest BCUT2D eigenvalue weighted by Gasteiger charge is -2.32. The number of aromatic nitrogens is 5. The third-order valence-corrected chi connectivity index (χ3v) is 6.89. The summed E-state index contributed by atoms with van der Waals surface area (Å²) in [6, 6.07) is 15.5. The molecule has 0 radical (unpaired) electrons. The predicted octanol–water partition coefficient (Wildman–Crippen LogP) is 5.44. The molecule has 1 aliphatic rings. The van der Waals surface area contributed by atoms with Crippen LogP contribution >= 0.6 is 11.6 Å². The quantitative estimate of drug-likeness (QED) is 0.393. The van der Waals surface area contributed by atoms with Crippen molar-refractivity contribution in [2.75, 3.05) is 0 Å². The Labute approximate surface area is 198 Å². The second-order valence-electron chi connectivity index (χ2n) is 8.66. The zero-order valence-corrected chi connectivity index (χ0v) is 19.1. The van der Waals surface area contributed by atoms with Gasteiger partial charge in [-0.15, -0.1) is 5.10 Å². The summed E-state index contributed by atoms with van der Waals surface area (Å²) < 4.78 is 7.96. The maximum absolute atomic E-state index is 6.93. The Kier molecular flexibility index (Phi) is 6.51. The van der Waals surface area contributed by atoms with E-state index in [4.69, 9.17) is 21.8 Å². The van der Waals surface area contributed by atoms with Gasteiger partial charge in [0.15, 0.2) is 5.82 Å². The lowest BCUT2D eigenvalue weighted by Crippen LogP contribution is -2.29. The number of tetrazole rings is 1. The van der Waals surface area contributed by atoms with E-state index < -0.39 is 0 Å². The van der Waals surface area contributed by atoms with Crippen molar-refractivity contribution in [2.45, 2.75) is 56.0 Å². The molecule has 1 aromatic carbocycles. The van der Waals surface area contributed by atoms with Crippen molar-refractivity contribution in [3.63, 3.8) is 0 Å². The fourth-order valence-corrected chi connectivity index (χ4v) is 5.11. The van der Waals surface area contributed by atoms with E-state index in [1.165, 1.54) is 19.3 Å². The van der Waals surface area contributed by atoms with Crippen molar-refractivity contribution >= 4 is 11.6 Å². The molecule has 33 heavy (non-hydrogen) atoms. The van der Waals surface area contributed by atoms with Gasteiger partial charge >= 0.3 is 0 Å². The zero-order chi connectivity index (χ0) is 22.6. The highest BCUT2D eigenvalue weighted by Gasteiger charge is 2.38. The maximum Gasteiger partial charge on any atom is 0.159 e. The van der Waals surface area contributed by atoms with Crippen molar-refractivity contribution < 1.29 is 4.42 Å². The van der Waals surface area contributed by atoms with Crippen molar-refractivity contribution in [2.24, 2.45) is 5.73 Å². The smallest absolute Gasteiger partial charge is 0.159 e. The molecule has 3 heterocycles. The summed E-state index contributed by atoms with van der Waals surface area (Å²) in [6.45, 7) is 0. The normalized spacial score (nSPS) is 17.5. The van der Waals surface area contributed by atoms with Gasteiger partial charge in [0.1, 0.15) is 5.76 Å². The molecule has 1 aliphatic carbocycles. The molecule has 8 heteroatoms. The van der Waals surface area contributed by atoms with E-state index in [2.05, 4.69) is 20.5 Å². The summed E-state index contributed by atoms with van der Waals surface area (Å²) in [5, 5.41) is 13.8. The minimum atomic E-state index is -0.387. The highest BCUT2D eigenvalue weighted by molar-refractivity contribution is 6.30. The van der Waals surface area contributed by atoms with Gasteiger partial charge in [0.05, 0.1) is 24.1 Å². The van der Waals surface area contributed by atoms with E-state index in [1.807, 2.05) is 59.4 Å². The number of benzene rings is 1. The molecular formula is C25H27ClN6O. The van der Waals surface area contributed by atoms with Crippen LogP contribution in [0.4, 0.5) is 0 Å². The molecule has 0 saturated heterocycles. The van der Waals surface area contributed by atoms with Gasteiger partial charge in [-0.2, -0.15) is 0 Å². The van der Waals surface area contributed by atoms with E-state index >= 15 is 0 Å². The molecule has 1 saturated carbocycles. The molecule has 0 spiro atoms. The Balaban J connectivity index is 1.66. The maximum atomic E-state index is 6.93. The monoisotopic (exact) mass is 462 g/mol. The van der Waals surface area contributed by atoms with Gasteiger partial charge in [0.2, 0.25) is 0 Å². The Morgan fingerprint density at radius 2 is 1.82 bits per heavy atom. The minimum absolute atomic E-state index is 0.236. The van der Waals surface area contributed by atoms with Crippen LogP contribution in [0.1, 0.15) is 78.7 Å². The minimum Gasteiger partial charge on any atom is -0.469 e. The SMILES string of the molecule is NC(c1cccnc1)C(c1ccco1)C(c1ccc(Cl)cc1)c1nnnn1C1CCCCC1. The molecule has 170 valence electrons. The fourth-order valence-electron chi connectivity index (χ4n) is 4.99. The van der Waals surface area contributed by atoms with Crippen LogP contribution in [0.2, 0.25) is 5.02 Å². The van der Waals surface area contributed by atoms with E-state index in [0.29, 0.717) is 5.02 Å². The van der Waals surface area contributed by atoms with Crippen LogP contribution in [-0.4, -0.2) is 25.2 Å². The first-order valence-electron chi connectivity index (χ1n) is 11.4. The summed E-state index contributed by atoms with van der Waals surface area (Å²) in [4.78, 5) is 4.29. The number of furan rings is 1. The van der Waals surface area contributed by atoms with Gasteiger partial charge in [-0.1, -0.05) is 49.1 Å². The van der Waals surface area contributed by atoms with Gasteiger partial charge in [-0.3, -0.25) is 4.98 Å². The molecule has 3 unspecified atom stereocenters. The third kappa shape index (κ3) is 4.56. The summed E-state index contributed by atoms with van der Waals surface area (Å²) in [5.74, 6) is 1.09. The van der Waals surface area contributed by atoms with Gasteiger partial charge < -0.3 is 10.2 Å². The Morgan fingerprint density at radius 3 is 2.52 bits per heavy atom.